The van der Waals surface area contributed by atoms with Crippen LogP contribution in [0.2, 0.25) is 0 Å². The van der Waals surface area contributed by atoms with Crippen LogP contribution in [0.1, 0.15) is 19.3 Å². The molecule has 0 aromatic carbocycles. The number of hydrogen-bond acceptors (Lipinski definition) is 5. The molecule has 0 unspecified atom stereocenters. The number of nitrogens with two attached hydrogens (primary N) is 1. The Morgan fingerprint density at radius 1 is 1.12 bits per heavy atom. The van der Waals surface area contributed by atoms with Gasteiger partial charge in [0.1, 0.15) is 0 Å². The highest BCUT2D eigenvalue weighted by atomic mass is 16.6. The molecule has 0 fully saturated rings. The van der Waals surface area contributed by atoms with Gasteiger partial charge in [-0.1, -0.05) is 0 Å². The number of carboxylic acid groups (broad SMARTS) is 3. The zero-order valence-corrected chi connectivity index (χ0v) is 8.33. The van der Waals surface area contributed by atoms with Crippen molar-refractivity contribution in [1.29, 1.82) is 0 Å². The van der Waals surface area contributed by atoms with Gasteiger partial charge < -0.3 is 15.3 Å². The maximum atomic E-state index is 10.7. The largest absolute Gasteiger partial charge is 0.481 e. The van der Waals surface area contributed by atoms with Crippen LogP contribution in [0.15, 0.2) is 0 Å². The summed E-state index contributed by atoms with van der Waals surface area (Å²) in [6.07, 6.45) is -2.00. The zero-order valence-electron chi connectivity index (χ0n) is 8.33. The fraction of sp³-hybridized carbons (Fsp3) is 0.625. The molecular weight excluding hydrogens is 222 g/mol. The minimum Gasteiger partial charge on any atom is -0.481 e. The van der Waals surface area contributed by atoms with Gasteiger partial charge in [-0.25, -0.2) is 10.7 Å². The standard InChI is InChI=1S/C8H13NO7/c9-16-6(8(14)15)4(7(12)13)2-1-3-5(10)11/h4,6H,1-3,9H2,(H,10,11)(H,12,13)(H,14,15)/t4-,6+/m0/s1. The smallest absolute Gasteiger partial charge is 0.335 e. The molecule has 0 bridgehead atoms. The SMILES string of the molecule is NO[C@@H](C(=O)O)[C@H](CCCC(=O)O)C(=O)O. The van der Waals surface area contributed by atoms with Crippen LogP contribution >= 0.6 is 0 Å². The van der Waals surface area contributed by atoms with Crippen LogP contribution in [0.4, 0.5) is 0 Å². The topological polar surface area (TPSA) is 147 Å². The lowest BCUT2D eigenvalue weighted by atomic mass is 9.96. The third-order valence-electron chi connectivity index (χ3n) is 1.98. The Morgan fingerprint density at radius 3 is 2.00 bits per heavy atom. The first kappa shape index (κ1) is 14.3. The minimum absolute atomic E-state index is 0.0411. The first-order chi connectivity index (χ1) is 7.40. The van der Waals surface area contributed by atoms with E-state index in [1.807, 2.05) is 0 Å². The quantitative estimate of drug-likeness (QED) is 0.403. The monoisotopic (exact) mass is 235 g/mol. The second kappa shape index (κ2) is 6.75. The maximum absolute atomic E-state index is 10.7. The van der Waals surface area contributed by atoms with E-state index in [2.05, 4.69) is 10.7 Å². The fourth-order valence-electron chi connectivity index (χ4n) is 1.20. The summed E-state index contributed by atoms with van der Waals surface area (Å²) in [6.45, 7) is 0. The number of carbonyl (C=O) groups is 3. The van der Waals surface area contributed by atoms with Crippen LogP contribution in [0.5, 0.6) is 0 Å². The van der Waals surface area contributed by atoms with Crippen molar-refractivity contribution in [1.82, 2.24) is 0 Å². The van der Waals surface area contributed by atoms with Crippen LogP contribution in [-0.4, -0.2) is 39.3 Å². The minimum atomic E-state index is -1.67. The van der Waals surface area contributed by atoms with E-state index in [0.29, 0.717) is 0 Å². The molecule has 0 amide bonds. The summed E-state index contributed by atoms with van der Waals surface area (Å²) in [7, 11) is 0. The van der Waals surface area contributed by atoms with E-state index >= 15 is 0 Å². The van der Waals surface area contributed by atoms with E-state index in [1.165, 1.54) is 0 Å². The zero-order chi connectivity index (χ0) is 12.7. The summed E-state index contributed by atoms with van der Waals surface area (Å²) in [5.41, 5.74) is 0. The number of aliphatic carboxylic acids is 3. The number of carboxylic acids is 3. The van der Waals surface area contributed by atoms with Crippen molar-refractivity contribution in [2.24, 2.45) is 11.8 Å². The number of rotatable bonds is 8. The lowest BCUT2D eigenvalue weighted by molar-refractivity contribution is -0.164. The fourth-order valence-corrected chi connectivity index (χ4v) is 1.20. The molecule has 0 spiro atoms. The van der Waals surface area contributed by atoms with E-state index in [4.69, 9.17) is 15.3 Å². The Bertz CT molecular complexity index is 278. The molecule has 0 aliphatic heterocycles. The highest BCUT2D eigenvalue weighted by Crippen LogP contribution is 2.16. The molecule has 0 heterocycles. The molecule has 8 heteroatoms. The predicted molar refractivity (Wildman–Crippen MR) is 49.3 cm³/mol. The van der Waals surface area contributed by atoms with Gasteiger partial charge >= 0.3 is 17.9 Å². The molecule has 92 valence electrons. The Hall–Kier alpha value is -1.67. The van der Waals surface area contributed by atoms with Gasteiger partial charge in [0.15, 0.2) is 6.10 Å². The third-order valence-corrected chi connectivity index (χ3v) is 1.98. The Morgan fingerprint density at radius 2 is 1.69 bits per heavy atom. The molecule has 16 heavy (non-hydrogen) atoms. The second-order valence-electron chi connectivity index (χ2n) is 3.13. The summed E-state index contributed by atoms with van der Waals surface area (Å²) in [5, 5.41) is 25.7. The normalized spacial score (nSPS) is 14.1. The van der Waals surface area contributed by atoms with Gasteiger partial charge in [-0.05, 0) is 12.8 Å². The van der Waals surface area contributed by atoms with Crippen molar-refractivity contribution >= 4 is 17.9 Å². The van der Waals surface area contributed by atoms with Gasteiger partial charge in [0.2, 0.25) is 0 Å². The van der Waals surface area contributed by atoms with Crippen molar-refractivity contribution < 1.29 is 34.5 Å². The molecule has 8 nitrogen and oxygen atoms in total. The molecule has 0 rings (SSSR count). The lowest BCUT2D eigenvalue weighted by Gasteiger charge is -2.17. The lowest BCUT2D eigenvalue weighted by Crippen LogP contribution is -2.39. The molecule has 0 aliphatic carbocycles. The van der Waals surface area contributed by atoms with E-state index in [0.717, 1.165) is 0 Å². The van der Waals surface area contributed by atoms with Gasteiger partial charge in [-0.2, -0.15) is 0 Å². The van der Waals surface area contributed by atoms with Gasteiger partial charge in [-0.3, -0.25) is 14.4 Å². The van der Waals surface area contributed by atoms with Crippen molar-refractivity contribution in [2.45, 2.75) is 25.4 Å². The van der Waals surface area contributed by atoms with E-state index in [1.54, 1.807) is 0 Å². The Labute approximate surface area is 90.6 Å². The first-order valence-corrected chi connectivity index (χ1v) is 4.43. The van der Waals surface area contributed by atoms with Crippen molar-refractivity contribution in [2.75, 3.05) is 0 Å². The second-order valence-corrected chi connectivity index (χ2v) is 3.13. The third kappa shape index (κ3) is 4.71. The highest BCUT2D eigenvalue weighted by Gasteiger charge is 2.34. The molecular formula is C8H13NO7. The summed E-state index contributed by atoms with van der Waals surface area (Å²) < 4.78 is 0. The van der Waals surface area contributed by atoms with E-state index in [-0.39, 0.29) is 19.3 Å². The van der Waals surface area contributed by atoms with Crippen LogP contribution in [0.3, 0.4) is 0 Å². The Kier molecular flexibility index (Phi) is 6.04. The number of hydrogen-bond donors (Lipinski definition) is 4. The average molecular weight is 235 g/mol. The van der Waals surface area contributed by atoms with E-state index in [9.17, 15) is 14.4 Å². The molecule has 0 saturated heterocycles. The predicted octanol–water partition coefficient (Wildman–Crippen LogP) is -0.714. The molecule has 0 aromatic rings. The van der Waals surface area contributed by atoms with Gasteiger partial charge in [0, 0.05) is 6.42 Å². The van der Waals surface area contributed by atoms with E-state index < -0.39 is 29.9 Å². The Balaban J connectivity index is 4.42. The summed E-state index contributed by atoms with van der Waals surface area (Å²) in [4.78, 5) is 35.6. The molecule has 0 radical (unpaired) electrons. The first-order valence-electron chi connectivity index (χ1n) is 4.43. The van der Waals surface area contributed by atoms with Gasteiger partial charge in [-0.15, -0.1) is 0 Å². The summed E-state index contributed by atoms with van der Waals surface area (Å²) in [5.74, 6) is -0.636. The molecule has 5 N–H and O–H groups in total. The summed E-state index contributed by atoms with van der Waals surface area (Å²) >= 11 is 0. The maximum Gasteiger partial charge on any atom is 0.335 e. The molecule has 0 aliphatic rings. The van der Waals surface area contributed by atoms with Crippen molar-refractivity contribution in [3.05, 3.63) is 0 Å². The van der Waals surface area contributed by atoms with Crippen LogP contribution in [-0.2, 0) is 19.2 Å². The van der Waals surface area contributed by atoms with Crippen LogP contribution < -0.4 is 5.90 Å². The van der Waals surface area contributed by atoms with Crippen molar-refractivity contribution in [3.63, 3.8) is 0 Å². The van der Waals surface area contributed by atoms with Crippen LogP contribution in [0.25, 0.3) is 0 Å². The molecule has 0 saturated carbocycles. The molecule has 0 aromatic heterocycles. The van der Waals surface area contributed by atoms with Gasteiger partial charge in [0.25, 0.3) is 0 Å². The van der Waals surface area contributed by atoms with Gasteiger partial charge in [0.05, 0.1) is 5.92 Å². The summed E-state index contributed by atoms with van der Waals surface area (Å²) in [6, 6.07) is 0. The average Bonchev–Trinajstić information content (AvgIpc) is 2.15. The van der Waals surface area contributed by atoms with Crippen LogP contribution in [0, 0.1) is 5.92 Å². The van der Waals surface area contributed by atoms with Crippen molar-refractivity contribution in [3.8, 4) is 0 Å². The highest BCUT2D eigenvalue weighted by molar-refractivity contribution is 5.81. The molecule has 2 atom stereocenters.